The third kappa shape index (κ3) is 5.34. The van der Waals surface area contributed by atoms with Gasteiger partial charge in [-0.2, -0.15) is 0 Å². The topological polar surface area (TPSA) is 58.6 Å². The molecule has 1 aliphatic rings. The van der Waals surface area contributed by atoms with Gasteiger partial charge in [-0.15, -0.1) is 0 Å². The van der Waals surface area contributed by atoms with Crippen LogP contribution in [0, 0.1) is 0 Å². The fourth-order valence-electron chi connectivity index (χ4n) is 2.99. The summed E-state index contributed by atoms with van der Waals surface area (Å²) in [5.74, 6) is -0.333. The van der Waals surface area contributed by atoms with Crippen LogP contribution >= 0.6 is 0 Å². The van der Waals surface area contributed by atoms with Crippen LogP contribution in [0.1, 0.15) is 51.2 Å². The van der Waals surface area contributed by atoms with Crippen molar-refractivity contribution < 1.29 is 14.3 Å². The third-order valence-corrected chi connectivity index (χ3v) is 4.16. The van der Waals surface area contributed by atoms with Crippen molar-refractivity contribution in [3.05, 3.63) is 35.9 Å². The van der Waals surface area contributed by atoms with Crippen molar-refractivity contribution in [3.63, 3.8) is 0 Å². The lowest BCUT2D eigenvalue weighted by atomic mass is 10.1. The van der Waals surface area contributed by atoms with Crippen molar-refractivity contribution in [1.29, 1.82) is 0 Å². The highest BCUT2D eigenvalue weighted by Gasteiger charge is 2.29. The second kappa shape index (κ2) is 8.83. The zero-order valence-corrected chi connectivity index (χ0v) is 14.8. The van der Waals surface area contributed by atoms with Crippen molar-refractivity contribution in [2.75, 3.05) is 13.6 Å². The van der Waals surface area contributed by atoms with Crippen LogP contribution in [0.25, 0.3) is 0 Å². The molecule has 1 aromatic rings. The number of hydrogen-bond donors (Lipinski definition) is 1. The Labute approximate surface area is 144 Å². The summed E-state index contributed by atoms with van der Waals surface area (Å²) in [5.41, 5.74) is 0.838. The number of carbonyl (C=O) groups is 2. The molecule has 0 aromatic heterocycles. The molecule has 0 aliphatic heterocycles. The molecule has 1 unspecified atom stereocenters. The maximum Gasteiger partial charge on any atom is 0.256 e. The van der Waals surface area contributed by atoms with Crippen LogP contribution in [0.3, 0.4) is 0 Å². The molecule has 132 valence electrons. The van der Waals surface area contributed by atoms with Gasteiger partial charge in [0, 0.05) is 13.1 Å². The van der Waals surface area contributed by atoms with E-state index in [0.717, 1.165) is 31.2 Å². The largest absolute Gasteiger partial charge is 0.360 e. The highest BCUT2D eigenvalue weighted by Crippen LogP contribution is 2.28. The molecule has 5 heteroatoms. The predicted octanol–water partition coefficient (Wildman–Crippen LogP) is 2.67. The van der Waals surface area contributed by atoms with Crippen molar-refractivity contribution in [2.45, 2.75) is 57.8 Å². The average molecular weight is 332 g/mol. The van der Waals surface area contributed by atoms with E-state index in [2.05, 4.69) is 5.32 Å². The number of likely N-dealkylation sites (N-methyl/N-ethyl adjacent to an activating group) is 1. The van der Waals surface area contributed by atoms with Crippen LogP contribution < -0.4 is 5.32 Å². The van der Waals surface area contributed by atoms with Gasteiger partial charge in [0.1, 0.15) is 0 Å². The molecule has 0 radical (unpaired) electrons. The molecule has 1 atom stereocenters. The van der Waals surface area contributed by atoms with Gasteiger partial charge in [0.25, 0.3) is 5.91 Å². The molecular formula is C19H28N2O3. The minimum atomic E-state index is -0.647. The van der Waals surface area contributed by atoms with Crippen LogP contribution in [0.15, 0.2) is 30.3 Å². The molecule has 1 aromatic carbocycles. The summed E-state index contributed by atoms with van der Waals surface area (Å²) >= 11 is 0. The Morgan fingerprint density at radius 2 is 1.83 bits per heavy atom. The molecule has 1 N–H and O–H groups in total. The lowest BCUT2D eigenvalue weighted by molar-refractivity contribution is -0.149. The first-order valence-electron chi connectivity index (χ1n) is 8.72. The molecule has 1 fully saturated rings. The fraction of sp³-hybridized carbons (Fsp3) is 0.579. The predicted molar refractivity (Wildman–Crippen MR) is 93.4 cm³/mol. The molecule has 5 nitrogen and oxygen atoms in total. The molecule has 0 spiro atoms. The van der Waals surface area contributed by atoms with Crippen molar-refractivity contribution >= 4 is 11.8 Å². The Bertz CT molecular complexity index is 539. The minimum absolute atomic E-state index is 0.0361. The first-order valence-corrected chi connectivity index (χ1v) is 8.72. The second-order valence-electron chi connectivity index (χ2n) is 6.75. The van der Waals surface area contributed by atoms with E-state index < -0.39 is 6.10 Å². The first kappa shape index (κ1) is 18.5. The van der Waals surface area contributed by atoms with E-state index in [0.29, 0.717) is 0 Å². The van der Waals surface area contributed by atoms with E-state index in [1.54, 1.807) is 7.05 Å². The zero-order valence-electron chi connectivity index (χ0n) is 14.8. The van der Waals surface area contributed by atoms with E-state index >= 15 is 0 Å². The highest BCUT2D eigenvalue weighted by molar-refractivity contribution is 5.87. The van der Waals surface area contributed by atoms with Gasteiger partial charge in [-0.05, 0) is 32.3 Å². The molecule has 0 saturated heterocycles. The van der Waals surface area contributed by atoms with Crippen molar-refractivity contribution in [2.24, 2.45) is 0 Å². The van der Waals surface area contributed by atoms with Crippen LogP contribution in [0.2, 0.25) is 0 Å². The number of nitrogens with one attached hydrogen (secondary N) is 1. The summed E-state index contributed by atoms with van der Waals surface area (Å²) < 4.78 is 6.12. The lowest BCUT2D eigenvalue weighted by Crippen LogP contribution is -2.43. The molecule has 2 rings (SSSR count). The van der Waals surface area contributed by atoms with E-state index in [9.17, 15) is 9.59 Å². The summed E-state index contributed by atoms with van der Waals surface area (Å²) in [7, 11) is 1.65. The molecule has 1 aliphatic carbocycles. The lowest BCUT2D eigenvalue weighted by Gasteiger charge is -2.26. The van der Waals surface area contributed by atoms with Gasteiger partial charge in [0.05, 0.1) is 12.6 Å². The van der Waals surface area contributed by atoms with Gasteiger partial charge < -0.3 is 15.0 Å². The molecule has 1 saturated carbocycles. The highest BCUT2D eigenvalue weighted by atomic mass is 16.5. The molecule has 2 amide bonds. The molecule has 24 heavy (non-hydrogen) atoms. The summed E-state index contributed by atoms with van der Waals surface area (Å²) in [6.07, 6.45) is 3.76. The minimum Gasteiger partial charge on any atom is -0.360 e. The molecular weight excluding hydrogens is 304 g/mol. The number of hydrogen-bond acceptors (Lipinski definition) is 3. The number of benzene rings is 1. The maximum atomic E-state index is 12.9. The summed E-state index contributed by atoms with van der Waals surface area (Å²) in [6, 6.07) is 9.58. The van der Waals surface area contributed by atoms with Crippen molar-refractivity contribution in [3.8, 4) is 0 Å². The van der Waals surface area contributed by atoms with Crippen LogP contribution in [-0.2, 0) is 14.3 Å². The van der Waals surface area contributed by atoms with Gasteiger partial charge in [-0.25, -0.2) is 0 Å². The first-order chi connectivity index (χ1) is 11.5. The van der Waals surface area contributed by atoms with E-state index in [4.69, 9.17) is 4.74 Å². The van der Waals surface area contributed by atoms with Gasteiger partial charge >= 0.3 is 0 Å². The summed E-state index contributed by atoms with van der Waals surface area (Å²) in [4.78, 5) is 26.2. The number of ether oxygens (including phenoxy) is 1. The quantitative estimate of drug-likeness (QED) is 0.835. The van der Waals surface area contributed by atoms with E-state index in [-0.39, 0.29) is 30.5 Å². The SMILES string of the molecule is CC(C)NC(=O)CN(C)C(=O)C(OC1CCCC1)c1ccccc1. The number of rotatable bonds is 7. The van der Waals surface area contributed by atoms with Gasteiger partial charge in [-0.3, -0.25) is 9.59 Å². The Kier molecular flexibility index (Phi) is 6.79. The maximum absolute atomic E-state index is 12.9. The van der Waals surface area contributed by atoms with Crippen LogP contribution in [-0.4, -0.2) is 42.5 Å². The average Bonchev–Trinajstić information content (AvgIpc) is 3.05. The summed E-state index contributed by atoms with van der Waals surface area (Å²) in [6.45, 7) is 3.83. The van der Waals surface area contributed by atoms with Gasteiger partial charge in [0.15, 0.2) is 6.10 Å². The van der Waals surface area contributed by atoms with Crippen molar-refractivity contribution in [1.82, 2.24) is 10.2 Å². The fourth-order valence-corrected chi connectivity index (χ4v) is 2.99. The van der Waals surface area contributed by atoms with E-state index in [1.165, 1.54) is 4.90 Å². The zero-order chi connectivity index (χ0) is 17.5. The smallest absolute Gasteiger partial charge is 0.256 e. The van der Waals surface area contributed by atoms with Gasteiger partial charge in [0.2, 0.25) is 5.91 Å². The monoisotopic (exact) mass is 332 g/mol. The Balaban J connectivity index is 2.07. The summed E-state index contributed by atoms with van der Waals surface area (Å²) in [5, 5.41) is 2.81. The van der Waals surface area contributed by atoms with Gasteiger partial charge in [-0.1, -0.05) is 43.2 Å². The Morgan fingerprint density at radius 1 is 1.21 bits per heavy atom. The second-order valence-corrected chi connectivity index (χ2v) is 6.75. The number of carbonyl (C=O) groups excluding carboxylic acids is 2. The van der Waals surface area contributed by atoms with Crippen LogP contribution in [0.4, 0.5) is 0 Å². The standard InChI is InChI=1S/C19H28N2O3/c1-14(2)20-17(22)13-21(3)19(23)18(15-9-5-4-6-10-15)24-16-11-7-8-12-16/h4-6,9-10,14,16,18H,7-8,11-13H2,1-3H3,(H,20,22). The Hall–Kier alpha value is -1.88. The molecule has 0 bridgehead atoms. The third-order valence-electron chi connectivity index (χ3n) is 4.16. The number of amides is 2. The van der Waals surface area contributed by atoms with E-state index in [1.807, 2.05) is 44.2 Å². The molecule has 0 heterocycles. The van der Waals surface area contributed by atoms with Crippen LogP contribution in [0.5, 0.6) is 0 Å². The number of nitrogens with zero attached hydrogens (tertiary/aromatic N) is 1. The Morgan fingerprint density at radius 3 is 2.42 bits per heavy atom. The normalized spacial score (nSPS) is 16.2.